The van der Waals surface area contributed by atoms with Gasteiger partial charge in [0, 0.05) is 29.4 Å². The van der Waals surface area contributed by atoms with E-state index in [-0.39, 0.29) is 11.8 Å². The highest BCUT2D eigenvalue weighted by Gasteiger charge is 2.29. The molecule has 1 saturated heterocycles. The van der Waals surface area contributed by atoms with E-state index in [1.165, 1.54) is 0 Å². The van der Waals surface area contributed by atoms with Gasteiger partial charge in [0.1, 0.15) is 0 Å². The van der Waals surface area contributed by atoms with Gasteiger partial charge in [-0.1, -0.05) is 15.9 Å². The van der Waals surface area contributed by atoms with E-state index in [0.717, 1.165) is 28.9 Å². The number of halogens is 1. The summed E-state index contributed by atoms with van der Waals surface area (Å²) in [5.74, 6) is 0.871. The predicted octanol–water partition coefficient (Wildman–Crippen LogP) is 2.70. The van der Waals surface area contributed by atoms with Gasteiger partial charge in [-0.3, -0.25) is 4.79 Å². The van der Waals surface area contributed by atoms with E-state index >= 15 is 0 Å². The Hall–Kier alpha value is -1.95. The number of carbonyl (C=O) groups excluding carboxylic acids is 1. The summed E-state index contributed by atoms with van der Waals surface area (Å²) in [6.45, 7) is 1.51. The van der Waals surface area contributed by atoms with Gasteiger partial charge in [-0.25, -0.2) is 0 Å². The molecule has 0 radical (unpaired) electrons. The Balaban J connectivity index is 1.61. The number of anilines is 2. The van der Waals surface area contributed by atoms with Gasteiger partial charge < -0.3 is 10.2 Å². The second-order valence-electron chi connectivity index (χ2n) is 5.01. The summed E-state index contributed by atoms with van der Waals surface area (Å²) in [6.07, 6.45) is 2.48. The Morgan fingerprint density at radius 2 is 2.10 bits per heavy atom. The first-order chi connectivity index (χ1) is 10.2. The van der Waals surface area contributed by atoms with E-state index in [9.17, 15) is 4.79 Å². The minimum atomic E-state index is -0.0179. The quantitative estimate of drug-likeness (QED) is 0.928. The van der Waals surface area contributed by atoms with Crippen molar-refractivity contribution >= 4 is 33.3 Å². The summed E-state index contributed by atoms with van der Waals surface area (Å²) >= 11 is 3.38. The zero-order valence-corrected chi connectivity index (χ0v) is 13.0. The maximum absolute atomic E-state index is 12.3. The molecule has 0 saturated carbocycles. The van der Waals surface area contributed by atoms with E-state index in [4.69, 9.17) is 0 Å². The number of hydrogen-bond donors (Lipinski definition) is 1. The van der Waals surface area contributed by atoms with Crippen LogP contribution in [-0.4, -0.2) is 29.2 Å². The summed E-state index contributed by atoms with van der Waals surface area (Å²) in [5.41, 5.74) is 0.821. The number of carbonyl (C=O) groups is 1. The standard InChI is InChI=1S/C15H15BrN4O/c16-12-3-5-13(6-4-12)18-15(21)11-7-9-20(10-11)14-2-1-8-17-19-14/h1-6,8,11H,7,9-10H2,(H,18,21)/t11-/m0/s1. The van der Waals surface area contributed by atoms with Crippen LogP contribution in [0.5, 0.6) is 0 Å². The smallest absolute Gasteiger partial charge is 0.229 e. The third kappa shape index (κ3) is 3.39. The maximum atomic E-state index is 12.3. The first-order valence-corrected chi connectivity index (χ1v) is 7.61. The van der Waals surface area contributed by atoms with Gasteiger partial charge in [-0.05, 0) is 42.8 Å². The summed E-state index contributed by atoms with van der Waals surface area (Å²) in [6, 6.07) is 11.4. The lowest BCUT2D eigenvalue weighted by atomic mass is 10.1. The van der Waals surface area contributed by atoms with Crippen molar-refractivity contribution in [1.82, 2.24) is 10.2 Å². The second kappa shape index (κ2) is 6.22. The fraction of sp³-hybridized carbons (Fsp3) is 0.267. The molecule has 1 fully saturated rings. The van der Waals surface area contributed by atoms with Crippen LogP contribution in [0.25, 0.3) is 0 Å². The van der Waals surface area contributed by atoms with Crippen molar-refractivity contribution in [2.24, 2.45) is 5.92 Å². The SMILES string of the molecule is O=C(Nc1ccc(Br)cc1)[C@H]1CCN(c2cccnn2)C1. The zero-order chi connectivity index (χ0) is 14.7. The number of amides is 1. The largest absolute Gasteiger partial charge is 0.354 e. The molecule has 0 spiro atoms. The number of benzene rings is 1. The van der Waals surface area contributed by atoms with Gasteiger partial charge in [0.15, 0.2) is 5.82 Å². The lowest BCUT2D eigenvalue weighted by Gasteiger charge is -2.16. The van der Waals surface area contributed by atoms with Gasteiger partial charge in [-0.15, -0.1) is 5.10 Å². The minimum absolute atomic E-state index is 0.0179. The van der Waals surface area contributed by atoms with E-state index in [2.05, 4.69) is 36.3 Å². The zero-order valence-electron chi connectivity index (χ0n) is 11.4. The molecule has 6 heteroatoms. The molecule has 1 amide bonds. The molecular weight excluding hydrogens is 332 g/mol. The molecule has 2 heterocycles. The second-order valence-corrected chi connectivity index (χ2v) is 5.93. The number of nitrogens with one attached hydrogen (secondary N) is 1. The summed E-state index contributed by atoms with van der Waals surface area (Å²) < 4.78 is 0.996. The number of nitrogens with zero attached hydrogens (tertiary/aromatic N) is 3. The molecule has 0 bridgehead atoms. The average molecular weight is 347 g/mol. The summed E-state index contributed by atoms with van der Waals surface area (Å²) in [7, 11) is 0. The topological polar surface area (TPSA) is 58.1 Å². The fourth-order valence-electron chi connectivity index (χ4n) is 2.42. The molecular formula is C15H15BrN4O. The molecule has 0 unspecified atom stereocenters. The molecule has 0 aliphatic carbocycles. The van der Waals surface area contributed by atoms with Crippen molar-refractivity contribution in [2.75, 3.05) is 23.3 Å². The Labute approximate surface area is 131 Å². The van der Waals surface area contributed by atoms with Crippen LogP contribution in [0.2, 0.25) is 0 Å². The van der Waals surface area contributed by atoms with Crippen LogP contribution in [0.15, 0.2) is 47.1 Å². The van der Waals surface area contributed by atoms with Crippen LogP contribution in [0.4, 0.5) is 11.5 Å². The van der Waals surface area contributed by atoms with E-state index in [1.807, 2.05) is 36.4 Å². The van der Waals surface area contributed by atoms with Crippen molar-refractivity contribution in [3.05, 3.63) is 47.1 Å². The van der Waals surface area contributed by atoms with Crippen LogP contribution in [0.1, 0.15) is 6.42 Å². The average Bonchev–Trinajstić information content (AvgIpc) is 3.00. The summed E-state index contributed by atoms with van der Waals surface area (Å²) in [5, 5.41) is 10.9. The van der Waals surface area contributed by atoms with Gasteiger partial charge in [0.2, 0.25) is 5.91 Å². The first-order valence-electron chi connectivity index (χ1n) is 6.81. The molecule has 5 nitrogen and oxygen atoms in total. The first kappa shape index (κ1) is 14.0. The highest BCUT2D eigenvalue weighted by molar-refractivity contribution is 9.10. The third-order valence-electron chi connectivity index (χ3n) is 3.55. The highest BCUT2D eigenvalue weighted by atomic mass is 79.9. The Morgan fingerprint density at radius 3 is 2.81 bits per heavy atom. The molecule has 1 aliphatic heterocycles. The molecule has 1 aromatic heterocycles. The van der Waals surface area contributed by atoms with E-state index in [0.29, 0.717) is 6.54 Å². The van der Waals surface area contributed by atoms with Crippen molar-refractivity contribution in [2.45, 2.75) is 6.42 Å². The van der Waals surface area contributed by atoms with Gasteiger partial charge in [0.05, 0.1) is 5.92 Å². The molecule has 1 aliphatic rings. The monoisotopic (exact) mass is 346 g/mol. The molecule has 1 aromatic carbocycles. The minimum Gasteiger partial charge on any atom is -0.354 e. The third-order valence-corrected chi connectivity index (χ3v) is 4.08. The van der Waals surface area contributed by atoms with E-state index in [1.54, 1.807) is 6.20 Å². The van der Waals surface area contributed by atoms with Gasteiger partial charge in [-0.2, -0.15) is 5.10 Å². The number of rotatable bonds is 3. The molecule has 21 heavy (non-hydrogen) atoms. The lowest BCUT2D eigenvalue weighted by Crippen LogP contribution is -2.27. The Bertz CT molecular complexity index is 617. The number of aromatic nitrogens is 2. The molecule has 2 aromatic rings. The maximum Gasteiger partial charge on any atom is 0.229 e. The molecule has 1 atom stereocenters. The summed E-state index contributed by atoms with van der Waals surface area (Å²) in [4.78, 5) is 14.4. The molecule has 1 N–H and O–H groups in total. The van der Waals surface area contributed by atoms with Crippen LogP contribution in [0.3, 0.4) is 0 Å². The van der Waals surface area contributed by atoms with Crippen LogP contribution < -0.4 is 10.2 Å². The highest BCUT2D eigenvalue weighted by Crippen LogP contribution is 2.23. The fourth-order valence-corrected chi connectivity index (χ4v) is 2.69. The lowest BCUT2D eigenvalue weighted by molar-refractivity contribution is -0.119. The van der Waals surface area contributed by atoms with Crippen LogP contribution >= 0.6 is 15.9 Å². The van der Waals surface area contributed by atoms with Crippen molar-refractivity contribution in [3.63, 3.8) is 0 Å². The van der Waals surface area contributed by atoms with Crippen molar-refractivity contribution in [1.29, 1.82) is 0 Å². The van der Waals surface area contributed by atoms with Crippen LogP contribution in [0, 0.1) is 5.92 Å². The van der Waals surface area contributed by atoms with Gasteiger partial charge in [0.25, 0.3) is 0 Å². The Kier molecular flexibility index (Phi) is 4.15. The molecule has 108 valence electrons. The van der Waals surface area contributed by atoms with Crippen molar-refractivity contribution < 1.29 is 4.79 Å². The Morgan fingerprint density at radius 1 is 1.29 bits per heavy atom. The van der Waals surface area contributed by atoms with Gasteiger partial charge >= 0.3 is 0 Å². The molecule has 3 rings (SSSR count). The van der Waals surface area contributed by atoms with E-state index < -0.39 is 0 Å². The van der Waals surface area contributed by atoms with Crippen LogP contribution in [-0.2, 0) is 4.79 Å². The predicted molar refractivity (Wildman–Crippen MR) is 85.1 cm³/mol. The number of hydrogen-bond acceptors (Lipinski definition) is 4. The van der Waals surface area contributed by atoms with Crippen molar-refractivity contribution in [3.8, 4) is 0 Å². The normalized spacial score (nSPS) is 17.8.